The summed E-state index contributed by atoms with van der Waals surface area (Å²) in [6, 6.07) is 0. The van der Waals surface area contributed by atoms with Crippen LogP contribution in [0.3, 0.4) is 0 Å². The smallest absolute Gasteiger partial charge is 0.155 e. The molecule has 0 atom stereocenters. The van der Waals surface area contributed by atoms with Gasteiger partial charge in [0, 0.05) is 0 Å². The van der Waals surface area contributed by atoms with Gasteiger partial charge in [0.2, 0.25) is 0 Å². The second kappa shape index (κ2) is 4.91. The number of carbonyl (C=O) groups is 1. The van der Waals surface area contributed by atoms with Crippen LogP contribution >= 0.6 is 0 Å². The maximum atomic E-state index is 11.0. The molecular weight excluding hydrogens is 148 g/mol. The van der Waals surface area contributed by atoms with Crippen LogP contribution in [0.5, 0.6) is 0 Å². The summed E-state index contributed by atoms with van der Waals surface area (Å²) in [6.07, 6.45) is 2.80. The highest BCUT2D eigenvalue weighted by atomic mass is 16.1. The van der Waals surface area contributed by atoms with Crippen LogP contribution in [0.1, 0.15) is 41.0 Å². The van der Waals surface area contributed by atoms with Gasteiger partial charge in [0.25, 0.3) is 0 Å². The Hall–Kier alpha value is -0.850. The Morgan fingerprint density at radius 1 is 1.17 bits per heavy atom. The predicted octanol–water partition coefficient (Wildman–Crippen LogP) is 3.27. The van der Waals surface area contributed by atoms with Crippen molar-refractivity contribution in [1.82, 2.24) is 0 Å². The van der Waals surface area contributed by atoms with Crippen molar-refractivity contribution >= 4 is 5.78 Å². The Labute approximate surface area is 75.2 Å². The Morgan fingerprint density at radius 3 is 1.92 bits per heavy atom. The highest BCUT2D eigenvalue weighted by molar-refractivity contribution is 5.93. The Bertz CT molecular complexity index is 227. The van der Waals surface area contributed by atoms with Gasteiger partial charge >= 0.3 is 0 Å². The van der Waals surface area contributed by atoms with Crippen molar-refractivity contribution in [3.8, 4) is 0 Å². The van der Waals surface area contributed by atoms with Crippen LogP contribution in [0.2, 0.25) is 0 Å². The minimum absolute atomic E-state index is 0.179. The van der Waals surface area contributed by atoms with Crippen LogP contribution in [0.15, 0.2) is 22.8 Å². The zero-order chi connectivity index (χ0) is 9.72. The van der Waals surface area contributed by atoms with Gasteiger partial charge in [0.1, 0.15) is 0 Å². The van der Waals surface area contributed by atoms with Crippen molar-refractivity contribution in [1.29, 1.82) is 0 Å². The van der Waals surface area contributed by atoms with Crippen molar-refractivity contribution < 1.29 is 4.79 Å². The van der Waals surface area contributed by atoms with Crippen LogP contribution in [-0.2, 0) is 4.79 Å². The zero-order valence-electron chi connectivity index (χ0n) is 8.69. The van der Waals surface area contributed by atoms with E-state index in [4.69, 9.17) is 0 Å². The minimum atomic E-state index is 0.179. The summed E-state index contributed by atoms with van der Waals surface area (Å²) in [5.41, 5.74) is 3.37. The third-order valence-electron chi connectivity index (χ3n) is 2.01. The van der Waals surface area contributed by atoms with Gasteiger partial charge in [0.15, 0.2) is 5.78 Å². The first-order valence-corrected chi connectivity index (χ1v) is 4.34. The van der Waals surface area contributed by atoms with Gasteiger partial charge in [0.05, 0.1) is 0 Å². The molecule has 0 aromatic carbocycles. The van der Waals surface area contributed by atoms with Crippen LogP contribution in [0.4, 0.5) is 0 Å². The molecule has 0 amide bonds. The average molecular weight is 166 g/mol. The first-order valence-electron chi connectivity index (χ1n) is 4.34. The van der Waals surface area contributed by atoms with E-state index in [9.17, 15) is 4.79 Å². The lowest BCUT2D eigenvalue weighted by Crippen LogP contribution is -1.95. The second-order valence-electron chi connectivity index (χ2n) is 3.26. The van der Waals surface area contributed by atoms with Gasteiger partial charge in [-0.3, -0.25) is 4.79 Å². The lowest BCUT2D eigenvalue weighted by atomic mass is 10.0. The number of Topliss-reactive ketones (excluding diaryl/α,β-unsaturated/α-hetero) is 1. The van der Waals surface area contributed by atoms with E-state index < -0.39 is 0 Å². The van der Waals surface area contributed by atoms with Crippen LogP contribution in [-0.4, -0.2) is 5.78 Å². The van der Waals surface area contributed by atoms with Crippen molar-refractivity contribution in [2.75, 3.05) is 0 Å². The fourth-order valence-electron chi connectivity index (χ4n) is 0.858. The average Bonchev–Trinajstić information content (AvgIpc) is 1.98. The molecule has 12 heavy (non-hydrogen) atoms. The molecule has 0 aliphatic heterocycles. The van der Waals surface area contributed by atoms with Gasteiger partial charge < -0.3 is 0 Å². The van der Waals surface area contributed by atoms with Crippen molar-refractivity contribution in [3.63, 3.8) is 0 Å². The molecule has 0 aliphatic rings. The molecule has 0 fully saturated rings. The zero-order valence-corrected chi connectivity index (χ0v) is 8.69. The maximum absolute atomic E-state index is 11.0. The molecule has 0 N–H and O–H groups in total. The lowest BCUT2D eigenvalue weighted by Gasteiger charge is -2.01. The third-order valence-corrected chi connectivity index (χ3v) is 2.01. The number of hydrogen-bond acceptors (Lipinski definition) is 1. The number of rotatable bonds is 3. The fourth-order valence-corrected chi connectivity index (χ4v) is 0.858. The van der Waals surface area contributed by atoms with E-state index in [1.165, 1.54) is 11.1 Å². The molecule has 0 aromatic rings. The molecule has 1 heteroatoms. The molecule has 68 valence electrons. The molecule has 0 rings (SSSR count). The summed E-state index contributed by atoms with van der Waals surface area (Å²) in [5.74, 6) is 0.179. The van der Waals surface area contributed by atoms with Crippen molar-refractivity contribution in [2.45, 2.75) is 41.0 Å². The second-order valence-corrected chi connectivity index (χ2v) is 3.26. The number of ketones is 1. The molecule has 0 saturated heterocycles. The Kier molecular flexibility index (Phi) is 4.57. The molecule has 0 unspecified atom stereocenters. The summed E-state index contributed by atoms with van der Waals surface area (Å²) in [4.78, 5) is 11.0. The summed E-state index contributed by atoms with van der Waals surface area (Å²) < 4.78 is 0. The predicted molar refractivity (Wildman–Crippen MR) is 53.1 cm³/mol. The molecule has 0 heterocycles. The van der Waals surface area contributed by atoms with Gasteiger partial charge in [-0.25, -0.2) is 0 Å². The molecule has 0 aliphatic carbocycles. The van der Waals surface area contributed by atoms with Gasteiger partial charge in [-0.2, -0.15) is 0 Å². The van der Waals surface area contributed by atoms with Gasteiger partial charge in [-0.15, -0.1) is 0 Å². The highest BCUT2D eigenvalue weighted by Gasteiger charge is 2.00. The van der Waals surface area contributed by atoms with E-state index >= 15 is 0 Å². The largest absolute Gasteiger partial charge is 0.295 e. The summed E-state index contributed by atoms with van der Waals surface area (Å²) >= 11 is 0. The molecule has 0 aromatic heterocycles. The van der Waals surface area contributed by atoms with E-state index in [2.05, 4.69) is 13.8 Å². The minimum Gasteiger partial charge on any atom is -0.295 e. The highest BCUT2D eigenvalue weighted by Crippen LogP contribution is 2.10. The number of hydrogen-bond donors (Lipinski definition) is 0. The Balaban J connectivity index is 4.73. The van der Waals surface area contributed by atoms with E-state index in [0.29, 0.717) is 0 Å². The van der Waals surface area contributed by atoms with Crippen molar-refractivity contribution in [2.24, 2.45) is 0 Å². The van der Waals surface area contributed by atoms with Gasteiger partial charge in [-0.05, 0) is 39.7 Å². The topological polar surface area (TPSA) is 17.1 Å². The molecular formula is C11H18O. The fraction of sp³-hybridized carbons (Fsp3) is 0.545. The van der Waals surface area contributed by atoms with E-state index in [1.807, 2.05) is 19.9 Å². The summed E-state index contributed by atoms with van der Waals surface area (Å²) in [6.45, 7) is 9.77. The van der Waals surface area contributed by atoms with E-state index in [0.717, 1.165) is 12.0 Å². The number of carbonyl (C=O) groups excluding carboxylic acids is 1. The number of allylic oxidation sites excluding steroid dienone is 4. The van der Waals surface area contributed by atoms with Crippen LogP contribution in [0.25, 0.3) is 0 Å². The molecule has 0 bridgehead atoms. The van der Waals surface area contributed by atoms with Crippen molar-refractivity contribution in [3.05, 3.63) is 22.8 Å². The van der Waals surface area contributed by atoms with Gasteiger partial charge in [-0.1, -0.05) is 24.1 Å². The van der Waals surface area contributed by atoms with E-state index in [1.54, 1.807) is 6.92 Å². The molecule has 0 saturated carbocycles. The lowest BCUT2D eigenvalue weighted by molar-refractivity contribution is -0.113. The first-order chi connectivity index (χ1) is 5.49. The molecule has 0 radical (unpaired) electrons. The summed E-state index contributed by atoms with van der Waals surface area (Å²) in [5, 5.41) is 0. The van der Waals surface area contributed by atoms with Crippen LogP contribution < -0.4 is 0 Å². The standard InChI is InChI=1S/C11H18O/c1-6-11(10(5)12)7-9(4)8(2)3/h7H,6H2,1-5H3/b11-7+. The van der Waals surface area contributed by atoms with Crippen LogP contribution in [0, 0.1) is 0 Å². The molecule has 0 spiro atoms. The Morgan fingerprint density at radius 2 is 1.67 bits per heavy atom. The third kappa shape index (κ3) is 3.51. The maximum Gasteiger partial charge on any atom is 0.155 e. The molecule has 1 nitrogen and oxygen atoms in total. The summed E-state index contributed by atoms with van der Waals surface area (Å²) in [7, 11) is 0. The van der Waals surface area contributed by atoms with E-state index in [-0.39, 0.29) is 5.78 Å². The monoisotopic (exact) mass is 166 g/mol. The normalized spacial score (nSPS) is 11.2. The SMILES string of the molecule is CC/C(=C\C(C)=C(C)C)C(C)=O. The quantitative estimate of drug-likeness (QED) is 0.464. The first kappa shape index (κ1) is 11.2.